The van der Waals surface area contributed by atoms with Gasteiger partial charge in [0, 0.05) is 4.47 Å². The number of nitrogens with zero attached hydrogens (tertiary/aromatic N) is 2. The smallest absolute Gasteiger partial charge is 0.293 e. The molecule has 164 valence electrons. The Morgan fingerprint density at radius 1 is 1.09 bits per heavy atom. The molecule has 0 unspecified atom stereocenters. The topological polar surface area (TPSA) is 70.4 Å². The van der Waals surface area contributed by atoms with Crippen LogP contribution in [0.1, 0.15) is 22.3 Å². The van der Waals surface area contributed by atoms with E-state index >= 15 is 0 Å². The molecule has 4 rings (SSSR count). The van der Waals surface area contributed by atoms with Crippen molar-refractivity contribution in [3.05, 3.63) is 102 Å². The van der Waals surface area contributed by atoms with E-state index < -0.39 is 0 Å². The Morgan fingerprint density at radius 2 is 1.85 bits per heavy atom. The molecule has 3 aromatic carbocycles. The van der Waals surface area contributed by atoms with Crippen LogP contribution in [0.15, 0.2) is 76.1 Å². The van der Waals surface area contributed by atoms with Crippen molar-refractivity contribution in [3.8, 4) is 11.8 Å². The number of benzene rings is 3. The van der Waals surface area contributed by atoms with Gasteiger partial charge in [-0.25, -0.2) is 0 Å². The van der Waals surface area contributed by atoms with E-state index in [9.17, 15) is 14.9 Å². The van der Waals surface area contributed by atoms with Crippen molar-refractivity contribution < 1.29 is 14.3 Å². The van der Waals surface area contributed by atoms with Crippen LogP contribution >= 0.6 is 50.3 Å². The molecule has 0 N–H and O–H groups in total. The highest BCUT2D eigenvalue weighted by atomic mass is 127. The molecular weight excluding hydrogens is 615 g/mol. The predicted molar refractivity (Wildman–Crippen MR) is 140 cm³/mol. The highest BCUT2D eigenvalue weighted by Gasteiger charge is 2.35. The molecule has 0 saturated carbocycles. The first kappa shape index (κ1) is 23.5. The lowest BCUT2D eigenvalue weighted by Gasteiger charge is -2.13. The van der Waals surface area contributed by atoms with Gasteiger partial charge in [0.05, 0.1) is 26.7 Å². The van der Waals surface area contributed by atoms with Crippen molar-refractivity contribution in [1.29, 1.82) is 5.26 Å². The van der Waals surface area contributed by atoms with Crippen LogP contribution in [0.4, 0.5) is 4.79 Å². The van der Waals surface area contributed by atoms with Crippen molar-refractivity contribution in [2.24, 2.45) is 0 Å². The van der Waals surface area contributed by atoms with E-state index in [0.29, 0.717) is 22.6 Å². The molecule has 1 saturated heterocycles. The number of carbonyl (C=O) groups excluding carboxylic acids is 2. The summed E-state index contributed by atoms with van der Waals surface area (Å²) in [5.74, 6) is 0.389. The Morgan fingerprint density at radius 3 is 2.58 bits per heavy atom. The molecule has 1 aliphatic heterocycles. The predicted octanol–water partition coefficient (Wildman–Crippen LogP) is 6.74. The van der Waals surface area contributed by atoms with Gasteiger partial charge < -0.3 is 4.74 Å². The van der Waals surface area contributed by atoms with Crippen molar-refractivity contribution >= 4 is 67.5 Å². The van der Waals surface area contributed by atoms with Gasteiger partial charge in [-0.3, -0.25) is 14.5 Å². The second-order valence-electron chi connectivity index (χ2n) is 7.14. The molecule has 0 aliphatic carbocycles. The van der Waals surface area contributed by atoms with E-state index in [2.05, 4.69) is 44.6 Å². The molecule has 33 heavy (non-hydrogen) atoms. The van der Waals surface area contributed by atoms with Crippen LogP contribution in [0.2, 0.25) is 0 Å². The average molecular weight is 631 g/mol. The highest BCUT2D eigenvalue weighted by Crippen LogP contribution is 2.34. The fraction of sp³-hybridized carbons (Fsp3) is 0.0800. The lowest BCUT2D eigenvalue weighted by molar-refractivity contribution is -0.123. The standard InChI is InChI=1S/C25H16BrIN2O3S/c26-20-8-5-16(6-9-20)15-32-22-10-7-17(11-21(22)27)12-23-24(30)29(25(31)33-23)14-19-4-2-1-3-18(19)13-28/h1-12H,14-15H2/b23-12+. The second-order valence-corrected chi connectivity index (χ2v) is 10.2. The summed E-state index contributed by atoms with van der Waals surface area (Å²) in [6, 6.07) is 22.6. The first-order chi connectivity index (χ1) is 15.9. The first-order valence-electron chi connectivity index (χ1n) is 9.85. The number of amides is 2. The Bertz CT molecular complexity index is 1300. The number of imide groups is 1. The fourth-order valence-corrected chi connectivity index (χ4v) is 4.99. The molecular formula is C25H16BrIN2O3S. The number of halogens is 2. The molecule has 8 heteroatoms. The number of rotatable bonds is 6. The summed E-state index contributed by atoms with van der Waals surface area (Å²) in [6.07, 6.45) is 1.71. The largest absolute Gasteiger partial charge is 0.488 e. The van der Waals surface area contributed by atoms with Gasteiger partial charge in [-0.1, -0.05) is 52.3 Å². The maximum absolute atomic E-state index is 12.9. The Balaban J connectivity index is 1.46. The molecule has 0 bridgehead atoms. The van der Waals surface area contributed by atoms with Crippen LogP contribution in [0, 0.1) is 14.9 Å². The Labute approximate surface area is 217 Å². The summed E-state index contributed by atoms with van der Waals surface area (Å²) < 4.78 is 7.85. The zero-order valence-electron chi connectivity index (χ0n) is 17.1. The molecule has 1 aliphatic rings. The van der Waals surface area contributed by atoms with E-state index in [1.165, 1.54) is 4.90 Å². The minimum atomic E-state index is -0.358. The van der Waals surface area contributed by atoms with Gasteiger partial charge in [0.1, 0.15) is 12.4 Å². The van der Waals surface area contributed by atoms with Gasteiger partial charge in [0.15, 0.2) is 0 Å². The summed E-state index contributed by atoms with van der Waals surface area (Å²) in [4.78, 5) is 26.9. The zero-order valence-corrected chi connectivity index (χ0v) is 21.7. The lowest BCUT2D eigenvalue weighted by Crippen LogP contribution is -2.27. The highest BCUT2D eigenvalue weighted by molar-refractivity contribution is 14.1. The minimum absolute atomic E-state index is 0.0755. The van der Waals surface area contributed by atoms with Crippen molar-refractivity contribution in [2.45, 2.75) is 13.2 Å². The number of thioether (sulfide) groups is 1. The van der Waals surface area contributed by atoms with Gasteiger partial charge >= 0.3 is 0 Å². The third-order valence-electron chi connectivity index (χ3n) is 4.90. The van der Waals surface area contributed by atoms with Gasteiger partial charge in [-0.2, -0.15) is 5.26 Å². The van der Waals surface area contributed by atoms with E-state index in [0.717, 1.165) is 36.7 Å². The number of nitriles is 1. The quantitative estimate of drug-likeness (QED) is 0.223. The van der Waals surface area contributed by atoms with E-state index in [-0.39, 0.29) is 17.7 Å². The molecule has 2 amide bonds. The summed E-state index contributed by atoms with van der Waals surface area (Å²) in [6.45, 7) is 0.526. The molecule has 0 spiro atoms. The minimum Gasteiger partial charge on any atom is -0.488 e. The number of carbonyl (C=O) groups is 2. The van der Waals surface area contributed by atoms with Crippen LogP contribution < -0.4 is 4.74 Å². The average Bonchev–Trinajstić information content (AvgIpc) is 3.07. The normalized spacial score (nSPS) is 14.6. The molecule has 3 aromatic rings. The fourth-order valence-electron chi connectivity index (χ4n) is 3.19. The number of ether oxygens (including phenoxy) is 1. The second kappa shape index (κ2) is 10.5. The van der Waals surface area contributed by atoms with Crippen LogP contribution in [0.5, 0.6) is 5.75 Å². The van der Waals surface area contributed by atoms with Crippen LogP contribution in [0.3, 0.4) is 0 Å². The molecule has 0 radical (unpaired) electrons. The first-order valence-corrected chi connectivity index (χ1v) is 12.5. The van der Waals surface area contributed by atoms with Gasteiger partial charge in [0.25, 0.3) is 11.1 Å². The molecule has 0 atom stereocenters. The van der Waals surface area contributed by atoms with Crippen molar-refractivity contribution in [3.63, 3.8) is 0 Å². The molecule has 0 aromatic heterocycles. The van der Waals surface area contributed by atoms with Crippen molar-refractivity contribution in [1.82, 2.24) is 4.90 Å². The Hall–Kier alpha value is -2.61. The summed E-state index contributed by atoms with van der Waals surface area (Å²) in [5, 5.41) is 8.92. The van der Waals surface area contributed by atoms with Gasteiger partial charge in [-0.15, -0.1) is 0 Å². The summed E-state index contributed by atoms with van der Waals surface area (Å²) >= 11 is 6.52. The maximum Gasteiger partial charge on any atom is 0.293 e. The third kappa shape index (κ3) is 5.66. The monoisotopic (exact) mass is 630 g/mol. The summed E-state index contributed by atoms with van der Waals surface area (Å²) in [5.41, 5.74) is 2.96. The zero-order chi connectivity index (χ0) is 23.4. The van der Waals surface area contributed by atoms with E-state index in [1.54, 1.807) is 30.3 Å². The number of hydrogen-bond acceptors (Lipinski definition) is 5. The van der Waals surface area contributed by atoms with E-state index in [4.69, 9.17) is 4.74 Å². The number of hydrogen-bond donors (Lipinski definition) is 0. The maximum atomic E-state index is 12.9. The molecule has 5 nitrogen and oxygen atoms in total. The van der Waals surface area contributed by atoms with Gasteiger partial charge in [-0.05, 0) is 87.5 Å². The van der Waals surface area contributed by atoms with E-state index in [1.807, 2.05) is 42.5 Å². The molecule has 1 fully saturated rings. The molecule has 1 heterocycles. The van der Waals surface area contributed by atoms with Gasteiger partial charge in [0.2, 0.25) is 0 Å². The van der Waals surface area contributed by atoms with Crippen LogP contribution in [-0.2, 0) is 17.9 Å². The SMILES string of the molecule is N#Cc1ccccc1CN1C(=O)S/C(=C/c2ccc(OCc3ccc(Br)cc3)c(I)c2)C1=O. The summed E-state index contributed by atoms with van der Waals surface area (Å²) in [7, 11) is 0. The lowest BCUT2D eigenvalue weighted by atomic mass is 10.1. The van der Waals surface area contributed by atoms with Crippen molar-refractivity contribution in [2.75, 3.05) is 0 Å². The Kier molecular flexibility index (Phi) is 7.53. The van der Waals surface area contributed by atoms with Crippen LogP contribution in [0.25, 0.3) is 6.08 Å². The third-order valence-corrected chi connectivity index (χ3v) is 7.18. The van der Waals surface area contributed by atoms with Crippen LogP contribution in [-0.4, -0.2) is 16.0 Å².